The van der Waals surface area contributed by atoms with E-state index >= 15 is 0 Å². The molecule has 0 rings (SSSR count). The van der Waals surface area contributed by atoms with Gasteiger partial charge in [-0.25, -0.2) is 4.79 Å². The molecule has 0 fully saturated rings. The number of carbonyl (C=O) groups excluding carboxylic acids is 1. The van der Waals surface area contributed by atoms with E-state index in [4.69, 9.17) is 18.0 Å². The van der Waals surface area contributed by atoms with Gasteiger partial charge in [0.25, 0.3) is 0 Å². The summed E-state index contributed by atoms with van der Waals surface area (Å²) < 4.78 is 4.34. The number of carbonyl (C=O) groups is 1. The van der Waals surface area contributed by atoms with E-state index in [2.05, 4.69) is 16.0 Å². The van der Waals surface area contributed by atoms with E-state index in [0.717, 1.165) is 0 Å². The Morgan fingerprint density at radius 3 is 2.73 bits per heavy atom. The second-order valence-electron chi connectivity index (χ2n) is 1.99. The standard InChI is InChI=1S/C7H10ClNO2/c1-4-6(8)5(2)9-7(10)11-3/h1,5-6H,2-3H3,(H,9,10). The highest BCUT2D eigenvalue weighted by Gasteiger charge is 2.13. The van der Waals surface area contributed by atoms with Crippen molar-refractivity contribution in [3.63, 3.8) is 0 Å². The summed E-state index contributed by atoms with van der Waals surface area (Å²) >= 11 is 5.61. The minimum absolute atomic E-state index is 0.283. The maximum atomic E-state index is 10.6. The van der Waals surface area contributed by atoms with Crippen LogP contribution in [0.3, 0.4) is 0 Å². The first-order valence-electron chi connectivity index (χ1n) is 3.06. The Balaban J connectivity index is 3.79. The van der Waals surface area contributed by atoms with Crippen molar-refractivity contribution < 1.29 is 9.53 Å². The van der Waals surface area contributed by atoms with E-state index in [1.54, 1.807) is 6.92 Å². The van der Waals surface area contributed by atoms with Crippen LogP contribution < -0.4 is 5.32 Å². The summed E-state index contributed by atoms with van der Waals surface area (Å²) in [7, 11) is 1.28. The van der Waals surface area contributed by atoms with E-state index in [9.17, 15) is 4.79 Å². The Morgan fingerprint density at radius 1 is 1.82 bits per heavy atom. The quantitative estimate of drug-likeness (QED) is 0.502. The predicted molar refractivity (Wildman–Crippen MR) is 43.5 cm³/mol. The van der Waals surface area contributed by atoms with Gasteiger partial charge in [0, 0.05) is 0 Å². The van der Waals surface area contributed by atoms with Crippen molar-refractivity contribution in [3.8, 4) is 12.3 Å². The molecule has 0 saturated heterocycles. The van der Waals surface area contributed by atoms with E-state index in [1.165, 1.54) is 7.11 Å². The van der Waals surface area contributed by atoms with Gasteiger partial charge in [-0.15, -0.1) is 18.0 Å². The van der Waals surface area contributed by atoms with Crippen molar-refractivity contribution >= 4 is 17.7 Å². The lowest BCUT2D eigenvalue weighted by Gasteiger charge is -2.13. The van der Waals surface area contributed by atoms with Gasteiger partial charge in [-0.05, 0) is 6.92 Å². The zero-order valence-electron chi connectivity index (χ0n) is 6.43. The number of alkyl carbamates (subject to hydrolysis) is 1. The van der Waals surface area contributed by atoms with Crippen molar-refractivity contribution in [1.82, 2.24) is 5.32 Å². The molecule has 0 spiro atoms. The second-order valence-corrected chi connectivity index (χ2v) is 2.46. The highest BCUT2D eigenvalue weighted by Crippen LogP contribution is 2.00. The van der Waals surface area contributed by atoms with Gasteiger partial charge in [0.1, 0.15) is 5.38 Å². The highest BCUT2D eigenvalue weighted by molar-refractivity contribution is 6.23. The van der Waals surface area contributed by atoms with Crippen LogP contribution in [0.5, 0.6) is 0 Å². The van der Waals surface area contributed by atoms with Gasteiger partial charge in [-0.3, -0.25) is 0 Å². The van der Waals surface area contributed by atoms with Crippen molar-refractivity contribution in [2.24, 2.45) is 0 Å². The monoisotopic (exact) mass is 175 g/mol. The molecule has 62 valence electrons. The first kappa shape index (κ1) is 10.1. The van der Waals surface area contributed by atoms with Gasteiger partial charge >= 0.3 is 6.09 Å². The lowest BCUT2D eigenvalue weighted by molar-refractivity contribution is 0.168. The normalized spacial score (nSPS) is 14.4. The molecule has 0 aliphatic rings. The summed E-state index contributed by atoms with van der Waals surface area (Å²) in [5, 5.41) is 1.94. The van der Waals surface area contributed by atoms with Crippen molar-refractivity contribution in [3.05, 3.63) is 0 Å². The molecule has 0 aliphatic heterocycles. The molecule has 0 bridgehead atoms. The molecule has 1 N–H and O–H groups in total. The van der Waals surface area contributed by atoms with Crippen LogP contribution >= 0.6 is 11.6 Å². The average Bonchev–Trinajstić information content (AvgIpc) is 2.02. The molecule has 0 saturated carbocycles. The summed E-state index contributed by atoms with van der Waals surface area (Å²) in [6.07, 6.45) is 4.49. The Hall–Kier alpha value is -0.880. The third kappa shape index (κ3) is 3.74. The average molecular weight is 176 g/mol. The lowest BCUT2D eigenvalue weighted by atomic mass is 10.2. The van der Waals surface area contributed by atoms with Gasteiger partial charge in [0.2, 0.25) is 0 Å². The third-order valence-electron chi connectivity index (χ3n) is 1.13. The minimum atomic E-state index is -0.529. The van der Waals surface area contributed by atoms with Crippen LogP contribution in [-0.4, -0.2) is 24.6 Å². The molecule has 0 aliphatic carbocycles. The topological polar surface area (TPSA) is 38.3 Å². The van der Waals surface area contributed by atoms with Gasteiger partial charge in [0.15, 0.2) is 0 Å². The van der Waals surface area contributed by atoms with Gasteiger partial charge in [0.05, 0.1) is 13.2 Å². The largest absolute Gasteiger partial charge is 0.453 e. The van der Waals surface area contributed by atoms with Crippen LogP contribution in [0.25, 0.3) is 0 Å². The lowest BCUT2D eigenvalue weighted by Crippen LogP contribution is -2.38. The molecule has 1 amide bonds. The summed E-state index contributed by atoms with van der Waals surface area (Å²) in [4.78, 5) is 10.6. The van der Waals surface area contributed by atoms with Crippen LogP contribution in [0.15, 0.2) is 0 Å². The molecule has 0 aromatic carbocycles. The summed E-state index contributed by atoms with van der Waals surface area (Å²) in [6.45, 7) is 1.70. The summed E-state index contributed by atoms with van der Waals surface area (Å²) in [5.74, 6) is 2.29. The predicted octanol–water partition coefficient (Wildman–Crippen LogP) is 0.972. The Bertz CT molecular complexity index is 176. The molecule has 2 unspecified atom stereocenters. The number of amides is 1. The zero-order valence-corrected chi connectivity index (χ0v) is 7.18. The smallest absolute Gasteiger partial charge is 0.407 e. The van der Waals surface area contributed by atoms with Crippen molar-refractivity contribution in [2.45, 2.75) is 18.3 Å². The van der Waals surface area contributed by atoms with E-state index < -0.39 is 11.5 Å². The molecule has 11 heavy (non-hydrogen) atoms. The van der Waals surface area contributed by atoms with E-state index in [0.29, 0.717) is 0 Å². The van der Waals surface area contributed by atoms with Crippen molar-refractivity contribution in [2.75, 3.05) is 7.11 Å². The van der Waals surface area contributed by atoms with E-state index in [-0.39, 0.29) is 6.04 Å². The molecular formula is C7H10ClNO2. The maximum Gasteiger partial charge on any atom is 0.407 e. The molecule has 0 heterocycles. The van der Waals surface area contributed by atoms with Crippen LogP contribution in [0, 0.1) is 12.3 Å². The van der Waals surface area contributed by atoms with Crippen LogP contribution in [-0.2, 0) is 4.74 Å². The minimum Gasteiger partial charge on any atom is -0.453 e. The number of ether oxygens (including phenoxy) is 1. The van der Waals surface area contributed by atoms with E-state index in [1.807, 2.05) is 0 Å². The van der Waals surface area contributed by atoms with Crippen LogP contribution in [0.1, 0.15) is 6.92 Å². The van der Waals surface area contributed by atoms with Gasteiger partial charge in [-0.2, -0.15) is 0 Å². The fraction of sp³-hybridized carbons (Fsp3) is 0.571. The van der Waals surface area contributed by atoms with Gasteiger partial charge in [-0.1, -0.05) is 5.92 Å². The summed E-state index contributed by atoms with van der Waals surface area (Å²) in [5.41, 5.74) is 0. The van der Waals surface area contributed by atoms with Crippen molar-refractivity contribution in [1.29, 1.82) is 0 Å². The molecule has 0 aromatic rings. The number of methoxy groups -OCH3 is 1. The van der Waals surface area contributed by atoms with Crippen LogP contribution in [0.2, 0.25) is 0 Å². The first-order chi connectivity index (χ1) is 5.11. The Labute approximate surface area is 71.1 Å². The fourth-order valence-electron chi connectivity index (χ4n) is 0.462. The number of nitrogens with one attached hydrogen (secondary N) is 1. The number of hydrogen-bond acceptors (Lipinski definition) is 2. The molecule has 0 radical (unpaired) electrons. The molecule has 4 heteroatoms. The maximum absolute atomic E-state index is 10.6. The number of terminal acetylenes is 1. The molecule has 3 nitrogen and oxygen atoms in total. The number of alkyl halides is 1. The number of halogens is 1. The van der Waals surface area contributed by atoms with Crippen LogP contribution in [0.4, 0.5) is 4.79 Å². The molecule has 2 atom stereocenters. The third-order valence-corrected chi connectivity index (χ3v) is 1.63. The number of hydrogen-bond donors (Lipinski definition) is 1. The van der Waals surface area contributed by atoms with Gasteiger partial charge < -0.3 is 10.1 Å². The molecular weight excluding hydrogens is 166 g/mol. The zero-order chi connectivity index (χ0) is 8.85. The highest BCUT2D eigenvalue weighted by atomic mass is 35.5. The SMILES string of the molecule is C#CC(Cl)C(C)NC(=O)OC. The Morgan fingerprint density at radius 2 is 2.36 bits per heavy atom. The number of rotatable bonds is 2. The Kier molecular flexibility index (Phi) is 4.47. The first-order valence-corrected chi connectivity index (χ1v) is 3.50. The second kappa shape index (κ2) is 4.86. The summed E-state index contributed by atoms with van der Waals surface area (Å²) in [6, 6.07) is -0.283. The molecule has 0 aromatic heterocycles. The fourth-order valence-corrected chi connectivity index (χ4v) is 0.525.